The lowest BCUT2D eigenvalue weighted by atomic mass is 9.88. The summed E-state index contributed by atoms with van der Waals surface area (Å²) in [5.41, 5.74) is 2.01. The number of carbonyl (C=O) groups is 1. The van der Waals surface area contributed by atoms with Gasteiger partial charge in [0.2, 0.25) is 0 Å². The molecule has 0 bridgehead atoms. The van der Waals surface area contributed by atoms with Crippen LogP contribution >= 0.6 is 0 Å². The Bertz CT molecular complexity index is 768. The second-order valence-electron chi connectivity index (χ2n) is 9.97. The molecule has 0 saturated carbocycles. The summed E-state index contributed by atoms with van der Waals surface area (Å²) < 4.78 is 32.3. The van der Waals surface area contributed by atoms with Gasteiger partial charge in [0.1, 0.15) is 30.5 Å². The van der Waals surface area contributed by atoms with Crippen LogP contribution < -0.4 is 0 Å². The summed E-state index contributed by atoms with van der Waals surface area (Å²) in [6.45, 7) is 13.4. The first-order chi connectivity index (χ1) is 18.0. The van der Waals surface area contributed by atoms with Gasteiger partial charge in [-0.25, -0.2) is 4.79 Å². The number of unbranched alkanes of at least 4 members (excludes halogenated alkanes) is 4. The molecule has 0 amide bonds. The lowest BCUT2D eigenvalue weighted by molar-refractivity contribution is -0.268. The molecule has 5 atom stereocenters. The first-order valence-corrected chi connectivity index (χ1v) is 14.4. The van der Waals surface area contributed by atoms with E-state index in [0.717, 1.165) is 62.5 Å². The third-order valence-electron chi connectivity index (χ3n) is 6.82. The second kappa shape index (κ2) is 17.9. The van der Waals surface area contributed by atoms with Crippen molar-refractivity contribution < 1.29 is 33.6 Å². The molecule has 212 valence electrons. The van der Waals surface area contributed by atoms with Gasteiger partial charge in [0.05, 0.1) is 12.2 Å². The van der Waals surface area contributed by atoms with E-state index in [1.54, 1.807) is 12.1 Å². The van der Waals surface area contributed by atoms with Gasteiger partial charge in [-0.2, -0.15) is 0 Å². The maximum absolute atomic E-state index is 11.8. The number of aryl methyl sites for hydroxylation is 1. The molecule has 1 aliphatic heterocycles. The minimum Gasteiger partial charge on any atom is -0.478 e. The third-order valence-corrected chi connectivity index (χ3v) is 6.82. The zero-order valence-electron chi connectivity index (χ0n) is 23.7. The molecule has 1 heterocycles. The van der Waals surface area contributed by atoms with Crippen molar-refractivity contribution in [1.82, 2.24) is 0 Å². The molecule has 1 aromatic carbocycles. The number of aromatic carboxylic acids is 1. The summed E-state index contributed by atoms with van der Waals surface area (Å²) in [5.74, 6) is -0.962. The SMILES string of the molecule is CCCCOC[C@H]1O[C@@H](c2cc(C(=O)O)ccc2C)[C@H](OCCCC)[C@@H](OCCCC)[C@@H]1OCCCC. The first kappa shape index (κ1) is 31.7. The Labute approximate surface area is 224 Å². The highest BCUT2D eigenvalue weighted by molar-refractivity contribution is 5.87. The second-order valence-corrected chi connectivity index (χ2v) is 9.97. The van der Waals surface area contributed by atoms with Crippen molar-refractivity contribution in [3.8, 4) is 0 Å². The number of carboxylic acid groups (broad SMARTS) is 1. The number of rotatable bonds is 19. The van der Waals surface area contributed by atoms with Crippen molar-refractivity contribution in [1.29, 1.82) is 0 Å². The number of hydrogen-bond donors (Lipinski definition) is 1. The Hall–Kier alpha value is -1.51. The maximum Gasteiger partial charge on any atom is 0.335 e. The van der Waals surface area contributed by atoms with Gasteiger partial charge in [-0.15, -0.1) is 0 Å². The molecule has 1 aromatic rings. The van der Waals surface area contributed by atoms with Crippen LogP contribution in [0.2, 0.25) is 0 Å². The number of benzene rings is 1. The molecular formula is C30H50O7. The van der Waals surface area contributed by atoms with E-state index >= 15 is 0 Å². The predicted molar refractivity (Wildman–Crippen MR) is 145 cm³/mol. The van der Waals surface area contributed by atoms with E-state index in [-0.39, 0.29) is 23.9 Å². The monoisotopic (exact) mass is 522 g/mol. The predicted octanol–water partition coefficient (Wildman–Crippen LogP) is 6.51. The van der Waals surface area contributed by atoms with Crippen LogP contribution in [-0.4, -0.2) is 68.5 Å². The average Bonchev–Trinajstić information content (AvgIpc) is 2.89. The highest BCUT2D eigenvalue weighted by Crippen LogP contribution is 2.39. The fourth-order valence-electron chi connectivity index (χ4n) is 4.49. The van der Waals surface area contributed by atoms with Crippen LogP contribution in [0.1, 0.15) is 107 Å². The highest BCUT2D eigenvalue weighted by Gasteiger charge is 2.49. The van der Waals surface area contributed by atoms with E-state index in [2.05, 4.69) is 27.7 Å². The molecule has 2 rings (SSSR count). The van der Waals surface area contributed by atoms with E-state index in [9.17, 15) is 9.90 Å². The summed E-state index contributed by atoms with van der Waals surface area (Å²) in [6, 6.07) is 5.19. The van der Waals surface area contributed by atoms with Crippen LogP contribution in [-0.2, 0) is 23.7 Å². The van der Waals surface area contributed by atoms with Gasteiger partial charge in [0, 0.05) is 26.4 Å². The Morgan fingerprint density at radius 1 is 0.811 bits per heavy atom. The average molecular weight is 523 g/mol. The van der Waals surface area contributed by atoms with Crippen LogP contribution in [0.4, 0.5) is 0 Å². The summed E-state index contributed by atoms with van der Waals surface area (Å²) in [4.78, 5) is 11.8. The number of carboxylic acids is 1. The highest BCUT2D eigenvalue weighted by atomic mass is 16.6. The molecule has 1 N–H and O–H groups in total. The largest absolute Gasteiger partial charge is 0.478 e. The zero-order chi connectivity index (χ0) is 27.0. The van der Waals surface area contributed by atoms with E-state index in [0.29, 0.717) is 33.0 Å². The number of hydrogen-bond acceptors (Lipinski definition) is 6. The summed E-state index contributed by atoms with van der Waals surface area (Å²) >= 11 is 0. The molecule has 0 radical (unpaired) electrons. The quantitative estimate of drug-likeness (QED) is 0.207. The van der Waals surface area contributed by atoms with Crippen LogP contribution in [0, 0.1) is 6.92 Å². The van der Waals surface area contributed by atoms with Gasteiger partial charge < -0.3 is 28.8 Å². The fraction of sp³-hybridized carbons (Fsp3) is 0.767. The van der Waals surface area contributed by atoms with Crippen molar-refractivity contribution in [3.63, 3.8) is 0 Å². The smallest absolute Gasteiger partial charge is 0.335 e. The van der Waals surface area contributed by atoms with Gasteiger partial charge in [0.15, 0.2) is 0 Å². The summed E-state index contributed by atoms with van der Waals surface area (Å²) in [6.07, 6.45) is 5.96. The van der Waals surface area contributed by atoms with Gasteiger partial charge in [-0.3, -0.25) is 0 Å². The van der Waals surface area contributed by atoms with Gasteiger partial charge >= 0.3 is 5.97 Å². The summed E-state index contributed by atoms with van der Waals surface area (Å²) in [5, 5.41) is 9.68. The molecule has 7 nitrogen and oxygen atoms in total. The molecule has 1 saturated heterocycles. The van der Waals surface area contributed by atoms with Crippen molar-refractivity contribution in [2.75, 3.05) is 33.0 Å². The molecule has 0 spiro atoms. The standard InChI is InChI=1S/C30H50O7/c1-6-10-16-33-21-25-27(34-17-11-7-2)29(36-19-13-9-4)28(35-18-12-8-3)26(37-25)24-20-23(30(31)32)15-14-22(24)5/h14-15,20,25-29H,6-13,16-19,21H2,1-5H3,(H,31,32)/t25-,26+,27-,28+,29+/m1/s1. The van der Waals surface area contributed by atoms with Crippen molar-refractivity contribution in [3.05, 3.63) is 34.9 Å². The van der Waals surface area contributed by atoms with E-state index in [1.807, 2.05) is 13.0 Å². The maximum atomic E-state index is 11.8. The van der Waals surface area contributed by atoms with Crippen LogP contribution in [0.5, 0.6) is 0 Å². The Morgan fingerprint density at radius 2 is 1.35 bits per heavy atom. The van der Waals surface area contributed by atoms with Crippen molar-refractivity contribution in [2.24, 2.45) is 0 Å². The minimum atomic E-state index is -0.962. The van der Waals surface area contributed by atoms with Gasteiger partial charge in [0.25, 0.3) is 0 Å². The summed E-state index contributed by atoms with van der Waals surface area (Å²) in [7, 11) is 0. The molecular weight excluding hydrogens is 472 g/mol. The molecule has 37 heavy (non-hydrogen) atoms. The Balaban J connectivity index is 2.48. The first-order valence-electron chi connectivity index (χ1n) is 14.4. The Morgan fingerprint density at radius 3 is 1.92 bits per heavy atom. The van der Waals surface area contributed by atoms with Crippen molar-refractivity contribution >= 4 is 5.97 Å². The van der Waals surface area contributed by atoms with E-state index in [1.165, 1.54) is 0 Å². The van der Waals surface area contributed by atoms with Crippen LogP contribution in [0.25, 0.3) is 0 Å². The van der Waals surface area contributed by atoms with E-state index in [4.69, 9.17) is 23.7 Å². The van der Waals surface area contributed by atoms with E-state index < -0.39 is 18.2 Å². The van der Waals surface area contributed by atoms with Gasteiger partial charge in [-0.1, -0.05) is 59.4 Å². The lowest BCUT2D eigenvalue weighted by Crippen LogP contribution is -2.58. The molecule has 7 heteroatoms. The lowest BCUT2D eigenvalue weighted by Gasteiger charge is -2.47. The van der Waals surface area contributed by atoms with Gasteiger partial charge in [-0.05, 0) is 55.9 Å². The molecule has 0 aliphatic carbocycles. The topological polar surface area (TPSA) is 83.5 Å². The zero-order valence-corrected chi connectivity index (χ0v) is 23.7. The van der Waals surface area contributed by atoms with Crippen LogP contribution in [0.3, 0.4) is 0 Å². The third kappa shape index (κ3) is 9.95. The number of ether oxygens (including phenoxy) is 5. The molecule has 0 unspecified atom stereocenters. The molecule has 1 aliphatic rings. The van der Waals surface area contributed by atoms with Crippen molar-refractivity contribution in [2.45, 2.75) is 117 Å². The molecule has 1 fully saturated rings. The fourth-order valence-corrected chi connectivity index (χ4v) is 4.49. The Kier molecular flexibility index (Phi) is 15.3. The molecule has 0 aromatic heterocycles. The van der Waals surface area contributed by atoms with Crippen LogP contribution in [0.15, 0.2) is 18.2 Å². The normalized spacial score (nSPS) is 23.9. The minimum absolute atomic E-state index is 0.233.